The van der Waals surface area contributed by atoms with Gasteiger partial charge in [0.15, 0.2) is 0 Å². The van der Waals surface area contributed by atoms with Crippen molar-refractivity contribution in [3.8, 4) is 0 Å². The smallest absolute Gasteiger partial charge is 0.272 e. The summed E-state index contributed by atoms with van der Waals surface area (Å²) >= 11 is 11.3. The Balaban J connectivity index is 1.87. The number of hydrogen-bond donors (Lipinski definition) is 0. The molecule has 1 aliphatic rings. The summed E-state index contributed by atoms with van der Waals surface area (Å²) in [5, 5.41) is 0.532. The maximum atomic E-state index is 12.2. The van der Waals surface area contributed by atoms with E-state index in [-0.39, 0.29) is 12.0 Å². The van der Waals surface area contributed by atoms with Gasteiger partial charge < -0.3 is 9.64 Å². The number of halogens is 2. The summed E-state index contributed by atoms with van der Waals surface area (Å²) < 4.78 is 5.58. The maximum absolute atomic E-state index is 12.2. The van der Waals surface area contributed by atoms with E-state index < -0.39 is 0 Å². The first-order chi connectivity index (χ1) is 9.20. The van der Waals surface area contributed by atoms with Crippen LogP contribution in [0.3, 0.4) is 0 Å². The van der Waals surface area contributed by atoms with E-state index in [0.29, 0.717) is 36.3 Å². The van der Waals surface area contributed by atoms with Crippen LogP contribution < -0.4 is 0 Å². The Morgan fingerprint density at radius 2 is 2.16 bits per heavy atom. The molecule has 1 fully saturated rings. The van der Waals surface area contributed by atoms with Crippen LogP contribution in [0.5, 0.6) is 0 Å². The number of carbonyl (C=O) groups excluding carboxylic acids is 1. The summed E-state index contributed by atoms with van der Waals surface area (Å²) in [7, 11) is 0. The number of carbonyl (C=O) groups is 1. The highest BCUT2D eigenvalue weighted by Gasteiger charge is 2.24. The third-order valence-electron chi connectivity index (χ3n) is 3.11. The third-order valence-corrected chi connectivity index (χ3v) is 3.48. The summed E-state index contributed by atoms with van der Waals surface area (Å²) in [6.07, 6.45) is 3.39. The number of hydrogen-bond acceptors (Lipinski definition) is 3. The molecule has 0 aromatic carbocycles. The van der Waals surface area contributed by atoms with Crippen molar-refractivity contribution in [2.24, 2.45) is 0 Å². The Kier molecular flexibility index (Phi) is 5.43. The third kappa shape index (κ3) is 4.06. The Morgan fingerprint density at radius 3 is 2.74 bits per heavy atom. The Hall–Kier alpha value is -0.840. The van der Waals surface area contributed by atoms with E-state index in [1.807, 2.05) is 0 Å². The number of aromatic nitrogens is 1. The first kappa shape index (κ1) is 14.6. The summed E-state index contributed by atoms with van der Waals surface area (Å²) in [6.45, 7) is 1.95. The number of piperidine rings is 1. The summed E-state index contributed by atoms with van der Waals surface area (Å²) in [6, 6.07) is 3.33. The minimum atomic E-state index is -0.0486. The Bertz CT molecular complexity index is 417. The molecule has 1 saturated heterocycles. The van der Waals surface area contributed by atoms with Crippen molar-refractivity contribution in [2.45, 2.75) is 18.9 Å². The molecular formula is C13H16Cl2N2O2. The van der Waals surface area contributed by atoms with Crippen LogP contribution >= 0.6 is 23.2 Å². The molecule has 0 atom stereocenters. The maximum Gasteiger partial charge on any atom is 0.272 e. The van der Waals surface area contributed by atoms with E-state index in [1.54, 1.807) is 17.0 Å². The summed E-state index contributed by atoms with van der Waals surface area (Å²) in [5.74, 6) is 0.459. The summed E-state index contributed by atoms with van der Waals surface area (Å²) in [5.41, 5.74) is 0.435. The number of alkyl halides is 1. The van der Waals surface area contributed by atoms with Crippen molar-refractivity contribution >= 4 is 29.1 Å². The summed E-state index contributed by atoms with van der Waals surface area (Å²) in [4.78, 5) is 18.0. The highest BCUT2D eigenvalue weighted by atomic mass is 35.5. The van der Waals surface area contributed by atoms with Gasteiger partial charge in [0, 0.05) is 25.2 Å². The molecule has 0 unspecified atom stereocenters. The van der Waals surface area contributed by atoms with Gasteiger partial charge in [0.2, 0.25) is 0 Å². The van der Waals surface area contributed by atoms with Crippen LogP contribution in [0.25, 0.3) is 0 Å². The monoisotopic (exact) mass is 302 g/mol. The van der Waals surface area contributed by atoms with Gasteiger partial charge in [-0.2, -0.15) is 0 Å². The van der Waals surface area contributed by atoms with Crippen LogP contribution in [0.15, 0.2) is 18.3 Å². The van der Waals surface area contributed by atoms with Gasteiger partial charge >= 0.3 is 0 Å². The molecule has 1 aliphatic heterocycles. The molecule has 1 aromatic rings. The van der Waals surface area contributed by atoms with Crippen LogP contribution in [0.4, 0.5) is 0 Å². The van der Waals surface area contributed by atoms with Gasteiger partial charge in [0.05, 0.1) is 17.7 Å². The molecule has 0 bridgehead atoms. The lowest BCUT2D eigenvalue weighted by molar-refractivity contribution is 0.0152. The molecule has 0 radical (unpaired) electrons. The quantitative estimate of drug-likeness (QED) is 0.803. The topological polar surface area (TPSA) is 42.4 Å². The van der Waals surface area contributed by atoms with Crippen molar-refractivity contribution in [3.05, 3.63) is 29.0 Å². The second-order valence-electron chi connectivity index (χ2n) is 4.41. The number of ether oxygens (including phenoxy) is 1. The highest BCUT2D eigenvalue weighted by molar-refractivity contribution is 6.30. The van der Waals surface area contributed by atoms with Crippen molar-refractivity contribution in [2.75, 3.05) is 25.6 Å². The van der Waals surface area contributed by atoms with Gasteiger partial charge in [0.1, 0.15) is 5.69 Å². The number of nitrogens with zero attached hydrogens (tertiary/aromatic N) is 2. The molecule has 2 heterocycles. The predicted octanol–water partition coefficient (Wildman–Crippen LogP) is 2.60. The largest absolute Gasteiger partial charge is 0.377 e. The molecule has 4 nitrogen and oxygen atoms in total. The molecular weight excluding hydrogens is 287 g/mol. The van der Waals surface area contributed by atoms with Crippen molar-refractivity contribution in [3.63, 3.8) is 0 Å². The second-order valence-corrected chi connectivity index (χ2v) is 5.23. The van der Waals surface area contributed by atoms with E-state index in [4.69, 9.17) is 27.9 Å². The molecule has 6 heteroatoms. The zero-order valence-electron chi connectivity index (χ0n) is 10.5. The minimum absolute atomic E-state index is 0.0486. The van der Waals surface area contributed by atoms with E-state index in [0.717, 1.165) is 12.8 Å². The van der Waals surface area contributed by atoms with E-state index in [9.17, 15) is 4.79 Å². The molecule has 0 spiro atoms. The lowest BCUT2D eigenvalue weighted by atomic mass is 10.1. The fourth-order valence-corrected chi connectivity index (χ4v) is 2.30. The minimum Gasteiger partial charge on any atom is -0.377 e. The normalized spacial score (nSPS) is 16.6. The zero-order valence-corrected chi connectivity index (χ0v) is 12.0. The predicted molar refractivity (Wildman–Crippen MR) is 74.8 cm³/mol. The van der Waals surface area contributed by atoms with Crippen molar-refractivity contribution in [1.82, 2.24) is 9.88 Å². The van der Waals surface area contributed by atoms with Gasteiger partial charge in [-0.05, 0) is 25.0 Å². The number of rotatable bonds is 4. The van der Waals surface area contributed by atoms with Crippen molar-refractivity contribution in [1.29, 1.82) is 0 Å². The standard InChI is InChI=1S/C13H16Cl2N2O2/c14-5-8-19-11-3-6-17(7-4-11)13(18)12-2-1-10(15)9-16-12/h1-2,9,11H,3-8H2. The molecule has 0 aliphatic carbocycles. The average Bonchev–Trinajstić information content (AvgIpc) is 2.46. The van der Waals surface area contributed by atoms with Gasteiger partial charge in [-0.25, -0.2) is 4.98 Å². The fraction of sp³-hybridized carbons (Fsp3) is 0.538. The van der Waals surface area contributed by atoms with Gasteiger partial charge in [0.25, 0.3) is 5.91 Å². The first-order valence-corrected chi connectivity index (χ1v) is 7.20. The number of likely N-dealkylation sites (tertiary alicyclic amines) is 1. The van der Waals surface area contributed by atoms with E-state index in [2.05, 4.69) is 4.98 Å². The van der Waals surface area contributed by atoms with Gasteiger partial charge in [-0.15, -0.1) is 11.6 Å². The van der Waals surface area contributed by atoms with Crippen LogP contribution in [0, 0.1) is 0 Å². The van der Waals surface area contributed by atoms with E-state index >= 15 is 0 Å². The molecule has 2 rings (SSSR count). The molecule has 0 saturated carbocycles. The van der Waals surface area contributed by atoms with Crippen molar-refractivity contribution < 1.29 is 9.53 Å². The zero-order chi connectivity index (χ0) is 13.7. The van der Waals surface area contributed by atoms with Crippen LogP contribution in [0.2, 0.25) is 5.02 Å². The molecule has 1 amide bonds. The lowest BCUT2D eigenvalue weighted by Crippen LogP contribution is -2.41. The fourth-order valence-electron chi connectivity index (χ4n) is 2.10. The lowest BCUT2D eigenvalue weighted by Gasteiger charge is -2.31. The van der Waals surface area contributed by atoms with Crippen LogP contribution in [0.1, 0.15) is 23.3 Å². The Labute approximate surface area is 122 Å². The Morgan fingerprint density at radius 1 is 1.42 bits per heavy atom. The average molecular weight is 303 g/mol. The highest BCUT2D eigenvalue weighted by Crippen LogP contribution is 2.16. The first-order valence-electron chi connectivity index (χ1n) is 6.29. The van der Waals surface area contributed by atoms with Crippen LogP contribution in [-0.2, 0) is 4.74 Å². The van der Waals surface area contributed by atoms with Gasteiger partial charge in [-0.1, -0.05) is 11.6 Å². The molecule has 1 aromatic heterocycles. The second kappa shape index (κ2) is 7.08. The number of amides is 1. The van der Waals surface area contributed by atoms with Crippen LogP contribution in [-0.4, -0.2) is 47.5 Å². The molecule has 104 valence electrons. The SMILES string of the molecule is O=C(c1ccc(Cl)cn1)N1CCC(OCCCl)CC1. The molecule has 0 N–H and O–H groups in total. The molecule has 19 heavy (non-hydrogen) atoms. The number of pyridine rings is 1. The van der Waals surface area contributed by atoms with Gasteiger partial charge in [-0.3, -0.25) is 4.79 Å². The van der Waals surface area contributed by atoms with E-state index in [1.165, 1.54) is 6.20 Å².